The second-order valence-electron chi connectivity index (χ2n) is 4.70. The highest BCUT2D eigenvalue weighted by Gasteiger charge is 2.29. The normalized spacial score (nSPS) is 16.1. The highest BCUT2D eigenvalue weighted by atomic mass is 35.5. The molecule has 0 saturated carbocycles. The molecule has 3 rings (SSSR count). The maximum atomic E-state index is 12.4. The Morgan fingerprint density at radius 1 is 1.33 bits per heavy atom. The number of thioether (sulfide) groups is 1. The molecule has 1 amide bonds. The maximum Gasteiger partial charge on any atom is 0.232 e. The number of carbonyl (C=O) groups is 1. The minimum atomic E-state index is -0.169. The van der Waals surface area contributed by atoms with E-state index >= 15 is 0 Å². The minimum absolute atomic E-state index is 0.0703. The van der Waals surface area contributed by atoms with E-state index in [1.54, 1.807) is 30.0 Å². The van der Waals surface area contributed by atoms with E-state index in [1.807, 2.05) is 30.3 Å². The van der Waals surface area contributed by atoms with Gasteiger partial charge in [0.2, 0.25) is 5.91 Å². The van der Waals surface area contributed by atoms with E-state index < -0.39 is 0 Å². The van der Waals surface area contributed by atoms with Crippen LogP contribution >= 0.6 is 23.4 Å². The van der Waals surface area contributed by atoms with E-state index in [0.29, 0.717) is 16.3 Å². The SMILES string of the molecule is N#Cc1ccc(NC(=O)C2CSc3ccccc32)c(Cl)c1. The number of nitriles is 1. The summed E-state index contributed by atoms with van der Waals surface area (Å²) in [6, 6.07) is 14.8. The summed E-state index contributed by atoms with van der Waals surface area (Å²) in [5.41, 5.74) is 2.07. The van der Waals surface area contributed by atoms with Crippen LogP contribution in [0, 0.1) is 11.3 Å². The van der Waals surface area contributed by atoms with Gasteiger partial charge in [-0.2, -0.15) is 5.26 Å². The second-order valence-corrected chi connectivity index (χ2v) is 6.17. The molecule has 1 heterocycles. The zero-order chi connectivity index (χ0) is 14.8. The van der Waals surface area contributed by atoms with Gasteiger partial charge in [-0.05, 0) is 29.8 Å². The molecule has 0 spiro atoms. The number of benzene rings is 2. The van der Waals surface area contributed by atoms with Crippen molar-refractivity contribution in [2.24, 2.45) is 0 Å². The lowest BCUT2D eigenvalue weighted by atomic mass is 10.0. The van der Waals surface area contributed by atoms with Gasteiger partial charge in [-0.25, -0.2) is 0 Å². The molecule has 2 aromatic carbocycles. The van der Waals surface area contributed by atoms with Crippen LogP contribution < -0.4 is 5.32 Å². The van der Waals surface area contributed by atoms with Gasteiger partial charge in [-0.15, -0.1) is 11.8 Å². The molecule has 0 fully saturated rings. The fourth-order valence-electron chi connectivity index (χ4n) is 2.29. The molecule has 0 saturated heterocycles. The van der Waals surface area contributed by atoms with Crippen molar-refractivity contribution in [3.63, 3.8) is 0 Å². The van der Waals surface area contributed by atoms with Gasteiger partial charge in [-0.1, -0.05) is 29.8 Å². The van der Waals surface area contributed by atoms with Crippen LogP contribution in [0.2, 0.25) is 5.02 Å². The average molecular weight is 315 g/mol. The Hall–Kier alpha value is -1.96. The first-order chi connectivity index (χ1) is 10.2. The summed E-state index contributed by atoms with van der Waals surface area (Å²) < 4.78 is 0. The van der Waals surface area contributed by atoms with Gasteiger partial charge >= 0.3 is 0 Å². The first-order valence-electron chi connectivity index (χ1n) is 6.41. The number of nitrogens with zero attached hydrogens (tertiary/aromatic N) is 1. The summed E-state index contributed by atoms with van der Waals surface area (Å²) in [6.45, 7) is 0. The Bertz CT molecular complexity index is 754. The molecule has 1 atom stereocenters. The Morgan fingerprint density at radius 3 is 2.90 bits per heavy atom. The Labute approximate surface area is 131 Å². The average Bonchev–Trinajstić information content (AvgIpc) is 2.93. The summed E-state index contributed by atoms with van der Waals surface area (Å²) in [5.74, 6) is 0.496. The molecule has 1 unspecified atom stereocenters. The van der Waals surface area contributed by atoms with Crippen molar-refractivity contribution in [2.45, 2.75) is 10.8 Å². The number of hydrogen-bond acceptors (Lipinski definition) is 3. The van der Waals surface area contributed by atoms with Gasteiger partial charge in [0, 0.05) is 10.6 Å². The van der Waals surface area contributed by atoms with Crippen molar-refractivity contribution in [3.8, 4) is 6.07 Å². The van der Waals surface area contributed by atoms with Gasteiger partial charge in [0.05, 0.1) is 28.3 Å². The van der Waals surface area contributed by atoms with Crippen molar-refractivity contribution >= 4 is 35.0 Å². The number of anilines is 1. The highest BCUT2D eigenvalue weighted by Crippen LogP contribution is 2.40. The molecule has 1 aliphatic heterocycles. The number of rotatable bonds is 2. The smallest absolute Gasteiger partial charge is 0.232 e. The second kappa shape index (κ2) is 5.80. The molecule has 0 bridgehead atoms. The number of hydrogen-bond donors (Lipinski definition) is 1. The number of amides is 1. The first kappa shape index (κ1) is 14.0. The van der Waals surface area contributed by atoms with E-state index in [4.69, 9.17) is 16.9 Å². The number of fused-ring (bicyclic) bond motifs is 1. The third-order valence-corrected chi connectivity index (χ3v) is 4.87. The molecule has 2 aromatic rings. The van der Waals surface area contributed by atoms with Crippen LogP contribution in [-0.4, -0.2) is 11.7 Å². The van der Waals surface area contributed by atoms with Crippen molar-refractivity contribution in [2.75, 3.05) is 11.1 Å². The van der Waals surface area contributed by atoms with Crippen molar-refractivity contribution in [3.05, 3.63) is 58.6 Å². The molecule has 0 aliphatic carbocycles. The van der Waals surface area contributed by atoms with Crippen LogP contribution in [-0.2, 0) is 4.79 Å². The van der Waals surface area contributed by atoms with Crippen LogP contribution in [0.25, 0.3) is 0 Å². The lowest BCUT2D eigenvalue weighted by molar-refractivity contribution is -0.117. The zero-order valence-corrected chi connectivity index (χ0v) is 12.5. The van der Waals surface area contributed by atoms with E-state index in [2.05, 4.69) is 5.32 Å². The minimum Gasteiger partial charge on any atom is -0.324 e. The van der Waals surface area contributed by atoms with E-state index in [1.165, 1.54) is 0 Å². The maximum absolute atomic E-state index is 12.4. The lowest BCUT2D eigenvalue weighted by Crippen LogP contribution is -2.21. The van der Waals surface area contributed by atoms with Gasteiger partial charge in [0.25, 0.3) is 0 Å². The predicted octanol–water partition coefficient (Wildman–Crippen LogP) is 4.04. The Kier molecular flexibility index (Phi) is 3.87. The van der Waals surface area contributed by atoms with Gasteiger partial charge in [0.15, 0.2) is 0 Å². The molecule has 1 aliphatic rings. The standard InChI is InChI=1S/C16H11ClN2OS/c17-13-7-10(8-18)5-6-14(13)19-16(20)12-9-21-15-4-2-1-3-11(12)15/h1-7,12H,9H2,(H,19,20). The monoisotopic (exact) mass is 314 g/mol. The predicted molar refractivity (Wildman–Crippen MR) is 84.7 cm³/mol. The van der Waals surface area contributed by atoms with Gasteiger partial charge in [-0.3, -0.25) is 4.79 Å². The van der Waals surface area contributed by atoms with Gasteiger partial charge in [0.1, 0.15) is 0 Å². The van der Waals surface area contributed by atoms with Crippen molar-refractivity contribution in [1.29, 1.82) is 5.26 Å². The third kappa shape index (κ3) is 2.76. The summed E-state index contributed by atoms with van der Waals surface area (Å²) in [5, 5.41) is 12.0. The number of nitrogens with one attached hydrogen (secondary N) is 1. The molecular formula is C16H11ClN2OS. The van der Waals surface area contributed by atoms with Crippen LogP contribution in [0.1, 0.15) is 17.0 Å². The molecule has 0 aromatic heterocycles. The molecule has 21 heavy (non-hydrogen) atoms. The fraction of sp³-hybridized carbons (Fsp3) is 0.125. The van der Waals surface area contributed by atoms with Gasteiger partial charge < -0.3 is 5.32 Å². The molecular weight excluding hydrogens is 304 g/mol. The van der Waals surface area contributed by atoms with Crippen molar-refractivity contribution in [1.82, 2.24) is 0 Å². The molecule has 0 radical (unpaired) electrons. The summed E-state index contributed by atoms with van der Waals surface area (Å²) >= 11 is 7.78. The number of halogens is 1. The number of carbonyl (C=O) groups excluding carboxylic acids is 1. The molecule has 5 heteroatoms. The quantitative estimate of drug-likeness (QED) is 0.910. The first-order valence-corrected chi connectivity index (χ1v) is 7.77. The van der Waals surface area contributed by atoms with Crippen LogP contribution in [0.3, 0.4) is 0 Å². The molecule has 104 valence electrons. The molecule has 3 nitrogen and oxygen atoms in total. The Morgan fingerprint density at radius 2 is 2.14 bits per heavy atom. The van der Waals surface area contributed by atoms with E-state index in [0.717, 1.165) is 16.2 Å². The van der Waals surface area contributed by atoms with Crippen LogP contribution in [0.15, 0.2) is 47.4 Å². The lowest BCUT2D eigenvalue weighted by Gasteiger charge is -2.12. The fourth-order valence-corrected chi connectivity index (χ4v) is 3.74. The summed E-state index contributed by atoms with van der Waals surface area (Å²) in [6.07, 6.45) is 0. The van der Waals surface area contributed by atoms with E-state index in [-0.39, 0.29) is 11.8 Å². The zero-order valence-electron chi connectivity index (χ0n) is 11.0. The molecule has 1 N–H and O–H groups in total. The highest BCUT2D eigenvalue weighted by molar-refractivity contribution is 7.99. The Balaban J connectivity index is 1.81. The van der Waals surface area contributed by atoms with Crippen molar-refractivity contribution < 1.29 is 4.79 Å². The van der Waals surface area contributed by atoms with Crippen LogP contribution in [0.4, 0.5) is 5.69 Å². The van der Waals surface area contributed by atoms with E-state index in [9.17, 15) is 4.79 Å². The topological polar surface area (TPSA) is 52.9 Å². The summed E-state index contributed by atoms with van der Waals surface area (Å²) in [4.78, 5) is 13.6. The third-order valence-electron chi connectivity index (χ3n) is 3.37. The summed E-state index contributed by atoms with van der Waals surface area (Å²) in [7, 11) is 0. The largest absolute Gasteiger partial charge is 0.324 e. The van der Waals surface area contributed by atoms with Crippen LogP contribution in [0.5, 0.6) is 0 Å².